The van der Waals surface area contributed by atoms with Gasteiger partial charge in [-0.15, -0.1) is 0 Å². The second-order valence-electron chi connectivity index (χ2n) is 2.61. The molecule has 0 spiro atoms. The standard InChI is InChI=1S/C7H13NO4/c1-5(2)7(11)12-8-4-3-6(9)10/h5,8H,3-4H2,1-2H3,(H,9,10). The zero-order chi connectivity index (χ0) is 9.56. The summed E-state index contributed by atoms with van der Waals surface area (Å²) in [4.78, 5) is 25.3. The Kier molecular flexibility index (Phi) is 5.03. The molecule has 0 amide bonds. The molecular formula is C7H13NO4. The van der Waals surface area contributed by atoms with Crippen LogP contribution in [0.4, 0.5) is 0 Å². The molecule has 0 aromatic heterocycles. The number of aliphatic carboxylic acids is 1. The summed E-state index contributed by atoms with van der Waals surface area (Å²) in [5.41, 5.74) is 2.27. The molecule has 0 aromatic rings. The van der Waals surface area contributed by atoms with Crippen molar-refractivity contribution in [1.82, 2.24) is 5.48 Å². The molecule has 0 bridgehead atoms. The SMILES string of the molecule is CC(C)C(=O)ONCCC(=O)O. The van der Waals surface area contributed by atoms with Crippen LogP contribution in [0.15, 0.2) is 0 Å². The van der Waals surface area contributed by atoms with Crippen molar-refractivity contribution in [3.8, 4) is 0 Å². The van der Waals surface area contributed by atoms with Gasteiger partial charge in [-0.1, -0.05) is 13.8 Å². The minimum Gasteiger partial charge on any atom is -0.481 e. The van der Waals surface area contributed by atoms with Gasteiger partial charge in [-0.3, -0.25) is 9.59 Å². The number of carbonyl (C=O) groups excluding carboxylic acids is 1. The van der Waals surface area contributed by atoms with E-state index in [1.165, 1.54) is 0 Å². The number of carbonyl (C=O) groups is 2. The number of hydroxylamine groups is 1. The minimum absolute atomic E-state index is 0.0641. The van der Waals surface area contributed by atoms with E-state index >= 15 is 0 Å². The third-order valence-electron chi connectivity index (χ3n) is 1.09. The van der Waals surface area contributed by atoms with E-state index in [1.807, 2.05) is 0 Å². The topological polar surface area (TPSA) is 75.6 Å². The van der Waals surface area contributed by atoms with Gasteiger partial charge < -0.3 is 9.94 Å². The molecule has 2 N–H and O–H groups in total. The van der Waals surface area contributed by atoms with Gasteiger partial charge in [0.05, 0.1) is 12.3 Å². The first kappa shape index (κ1) is 10.9. The second-order valence-corrected chi connectivity index (χ2v) is 2.61. The van der Waals surface area contributed by atoms with E-state index in [-0.39, 0.29) is 24.9 Å². The molecule has 0 unspecified atom stereocenters. The molecule has 0 aliphatic rings. The Morgan fingerprint density at radius 1 is 1.50 bits per heavy atom. The van der Waals surface area contributed by atoms with Gasteiger partial charge >= 0.3 is 11.9 Å². The lowest BCUT2D eigenvalue weighted by Crippen LogP contribution is -2.25. The Hall–Kier alpha value is -1.10. The van der Waals surface area contributed by atoms with Crippen LogP contribution in [0.2, 0.25) is 0 Å². The summed E-state index contributed by atoms with van der Waals surface area (Å²) in [6.07, 6.45) is -0.0641. The van der Waals surface area contributed by atoms with Crippen LogP contribution in [0.25, 0.3) is 0 Å². The maximum Gasteiger partial charge on any atom is 0.327 e. The predicted molar refractivity (Wildman–Crippen MR) is 41.2 cm³/mol. The van der Waals surface area contributed by atoms with Gasteiger partial charge in [-0.05, 0) is 0 Å². The Labute approximate surface area is 70.7 Å². The molecule has 0 saturated carbocycles. The molecule has 0 heterocycles. The maximum absolute atomic E-state index is 10.8. The molecule has 70 valence electrons. The van der Waals surface area contributed by atoms with Gasteiger partial charge in [0.15, 0.2) is 0 Å². The molecule has 0 atom stereocenters. The van der Waals surface area contributed by atoms with Crippen LogP contribution in [0.3, 0.4) is 0 Å². The first-order chi connectivity index (χ1) is 5.54. The van der Waals surface area contributed by atoms with E-state index in [0.717, 1.165) is 0 Å². The highest BCUT2D eigenvalue weighted by Gasteiger charge is 2.07. The van der Waals surface area contributed by atoms with Crippen LogP contribution in [0.1, 0.15) is 20.3 Å². The van der Waals surface area contributed by atoms with Gasteiger partial charge in [-0.25, -0.2) is 0 Å². The van der Waals surface area contributed by atoms with Gasteiger partial charge in [0.2, 0.25) is 0 Å². The molecule has 0 radical (unpaired) electrons. The minimum atomic E-state index is -0.928. The maximum atomic E-state index is 10.8. The largest absolute Gasteiger partial charge is 0.481 e. The number of carboxylic acids is 1. The van der Waals surface area contributed by atoms with Crippen LogP contribution in [-0.4, -0.2) is 23.6 Å². The number of nitrogens with one attached hydrogen (secondary N) is 1. The van der Waals surface area contributed by atoms with Crippen LogP contribution in [-0.2, 0) is 14.4 Å². The van der Waals surface area contributed by atoms with Gasteiger partial charge in [0.1, 0.15) is 0 Å². The number of hydrogen-bond donors (Lipinski definition) is 2. The van der Waals surface area contributed by atoms with E-state index in [9.17, 15) is 9.59 Å². The summed E-state index contributed by atoms with van der Waals surface area (Å²) in [6.45, 7) is 3.52. The van der Waals surface area contributed by atoms with Crippen molar-refractivity contribution in [3.05, 3.63) is 0 Å². The van der Waals surface area contributed by atoms with Crippen LogP contribution < -0.4 is 5.48 Å². The van der Waals surface area contributed by atoms with Crippen molar-refractivity contribution in [3.63, 3.8) is 0 Å². The van der Waals surface area contributed by atoms with E-state index < -0.39 is 5.97 Å². The highest BCUT2D eigenvalue weighted by atomic mass is 16.7. The van der Waals surface area contributed by atoms with Crippen molar-refractivity contribution in [2.24, 2.45) is 5.92 Å². The molecule has 0 aromatic carbocycles. The predicted octanol–water partition coefficient (Wildman–Crippen LogP) is 0.165. The van der Waals surface area contributed by atoms with Crippen LogP contribution in [0, 0.1) is 5.92 Å². The molecule has 12 heavy (non-hydrogen) atoms. The second kappa shape index (κ2) is 5.54. The van der Waals surface area contributed by atoms with Gasteiger partial charge in [-0.2, -0.15) is 5.48 Å². The fraction of sp³-hybridized carbons (Fsp3) is 0.714. The fourth-order valence-electron chi connectivity index (χ4n) is 0.398. The summed E-state index contributed by atoms with van der Waals surface area (Å²) >= 11 is 0. The van der Waals surface area contributed by atoms with Gasteiger partial charge in [0, 0.05) is 6.54 Å². The molecule has 0 fully saturated rings. The van der Waals surface area contributed by atoms with Crippen molar-refractivity contribution < 1.29 is 19.5 Å². The van der Waals surface area contributed by atoms with E-state index in [2.05, 4.69) is 10.3 Å². The van der Waals surface area contributed by atoms with Crippen LogP contribution in [0.5, 0.6) is 0 Å². The zero-order valence-corrected chi connectivity index (χ0v) is 7.16. The monoisotopic (exact) mass is 175 g/mol. The molecule has 0 aliphatic carbocycles. The summed E-state index contributed by atoms with van der Waals surface area (Å²) in [5, 5.41) is 8.21. The summed E-state index contributed by atoms with van der Waals surface area (Å²) in [7, 11) is 0. The highest BCUT2D eigenvalue weighted by molar-refractivity contribution is 5.71. The van der Waals surface area contributed by atoms with E-state index in [1.54, 1.807) is 13.8 Å². The Morgan fingerprint density at radius 2 is 2.08 bits per heavy atom. The average Bonchev–Trinajstić information content (AvgIpc) is 1.97. The molecule has 5 heteroatoms. The molecular weight excluding hydrogens is 162 g/mol. The average molecular weight is 175 g/mol. The van der Waals surface area contributed by atoms with Crippen molar-refractivity contribution in [2.75, 3.05) is 6.54 Å². The lowest BCUT2D eigenvalue weighted by Gasteiger charge is -2.05. The molecule has 0 saturated heterocycles. The summed E-state index contributed by atoms with van der Waals surface area (Å²) < 4.78 is 0. The third-order valence-corrected chi connectivity index (χ3v) is 1.09. The van der Waals surface area contributed by atoms with E-state index in [0.29, 0.717) is 0 Å². The van der Waals surface area contributed by atoms with Gasteiger partial charge in [0.25, 0.3) is 0 Å². The lowest BCUT2D eigenvalue weighted by molar-refractivity contribution is -0.156. The Bertz CT molecular complexity index is 167. The van der Waals surface area contributed by atoms with Crippen LogP contribution >= 0.6 is 0 Å². The summed E-state index contributed by atoms with van der Waals surface area (Å²) in [5.74, 6) is -1.52. The quantitative estimate of drug-likeness (QED) is 0.460. The first-order valence-electron chi connectivity index (χ1n) is 3.69. The Morgan fingerprint density at radius 3 is 2.50 bits per heavy atom. The van der Waals surface area contributed by atoms with Crippen molar-refractivity contribution in [1.29, 1.82) is 0 Å². The smallest absolute Gasteiger partial charge is 0.327 e. The number of hydrogen-bond acceptors (Lipinski definition) is 4. The number of carboxylic acid groups (broad SMARTS) is 1. The molecule has 0 aliphatic heterocycles. The normalized spacial score (nSPS) is 9.92. The fourth-order valence-corrected chi connectivity index (χ4v) is 0.398. The van der Waals surface area contributed by atoms with E-state index in [4.69, 9.17) is 5.11 Å². The third kappa shape index (κ3) is 5.67. The first-order valence-corrected chi connectivity index (χ1v) is 3.69. The van der Waals surface area contributed by atoms with Crippen molar-refractivity contribution >= 4 is 11.9 Å². The number of rotatable bonds is 5. The summed E-state index contributed by atoms with van der Waals surface area (Å²) in [6, 6.07) is 0. The zero-order valence-electron chi connectivity index (χ0n) is 7.16. The molecule has 5 nitrogen and oxygen atoms in total. The lowest BCUT2D eigenvalue weighted by atomic mass is 10.2. The Balaban J connectivity index is 3.32. The van der Waals surface area contributed by atoms with Crippen molar-refractivity contribution in [2.45, 2.75) is 20.3 Å². The highest BCUT2D eigenvalue weighted by Crippen LogP contribution is 1.92. The molecule has 0 rings (SSSR count).